The molecule has 0 saturated heterocycles. The maximum atomic E-state index is 13.4. The van der Waals surface area contributed by atoms with E-state index < -0.39 is 6.04 Å². The van der Waals surface area contributed by atoms with Crippen molar-refractivity contribution < 1.29 is 9.59 Å². The van der Waals surface area contributed by atoms with Crippen LogP contribution < -0.4 is 5.32 Å². The summed E-state index contributed by atoms with van der Waals surface area (Å²) in [5.74, 6) is 0.868. The number of rotatable bonds is 10. The molecule has 1 fully saturated rings. The Labute approximate surface area is 217 Å². The van der Waals surface area contributed by atoms with Crippen LogP contribution in [0.5, 0.6) is 0 Å². The third-order valence-corrected chi connectivity index (χ3v) is 7.98. The van der Waals surface area contributed by atoms with Crippen LogP contribution in [0.4, 0.5) is 0 Å². The smallest absolute Gasteiger partial charge is 0.243 e. The Bertz CT molecular complexity index is 979. The van der Waals surface area contributed by atoms with Gasteiger partial charge in [0.05, 0.1) is 15.8 Å². The highest BCUT2D eigenvalue weighted by molar-refractivity contribution is 7.99. The molecule has 2 amide bonds. The van der Waals surface area contributed by atoms with Gasteiger partial charge < -0.3 is 10.2 Å². The molecule has 1 aliphatic rings. The van der Waals surface area contributed by atoms with Gasteiger partial charge in [0.2, 0.25) is 11.8 Å². The maximum Gasteiger partial charge on any atom is 0.243 e. The Morgan fingerprint density at radius 2 is 1.82 bits per heavy atom. The Hall–Kier alpha value is -1.69. The van der Waals surface area contributed by atoms with Crippen LogP contribution >= 0.6 is 35.0 Å². The SMILES string of the molecule is CC[C@H](C(=O)NC1CCCCC1)N(Cc1cccc(C)c1)C(=O)CSCc1ccc(Cl)c(Cl)c1. The highest BCUT2D eigenvalue weighted by atomic mass is 35.5. The second kappa shape index (κ2) is 13.4. The number of halogens is 2. The number of benzene rings is 2. The Morgan fingerprint density at radius 1 is 1.06 bits per heavy atom. The first-order chi connectivity index (χ1) is 16.4. The van der Waals surface area contributed by atoms with E-state index in [-0.39, 0.29) is 17.9 Å². The summed E-state index contributed by atoms with van der Waals surface area (Å²) in [6.07, 6.45) is 6.16. The van der Waals surface area contributed by atoms with E-state index in [4.69, 9.17) is 23.2 Å². The van der Waals surface area contributed by atoms with Crippen molar-refractivity contribution in [3.63, 3.8) is 0 Å². The van der Waals surface area contributed by atoms with E-state index >= 15 is 0 Å². The van der Waals surface area contributed by atoms with Gasteiger partial charge in [-0.1, -0.05) is 85.3 Å². The molecular formula is C27H34Cl2N2O2S. The summed E-state index contributed by atoms with van der Waals surface area (Å²) in [6, 6.07) is 13.4. The van der Waals surface area contributed by atoms with Gasteiger partial charge in [0.25, 0.3) is 0 Å². The lowest BCUT2D eigenvalue weighted by Crippen LogP contribution is -2.52. The lowest BCUT2D eigenvalue weighted by Gasteiger charge is -2.33. The van der Waals surface area contributed by atoms with Gasteiger partial charge in [-0.05, 0) is 49.4 Å². The summed E-state index contributed by atoms with van der Waals surface area (Å²) < 4.78 is 0. The second-order valence-corrected chi connectivity index (χ2v) is 10.8. The summed E-state index contributed by atoms with van der Waals surface area (Å²) >= 11 is 13.7. The summed E-state index contributed by atoms with van der Waals surface area (Å²) in [4.78, 5) is 28.4. The molecule has 7 heteroatoms. The van der Waals surface area contributed by atoms with Crippen LogP contribution in [-0.2, 0) is 21.9 Å². The molecule has 0 unspecified atom stereocenters. The summed E-state index contributed by atoms with van der Waals surface area (Å²) in [6.45, 7) is 4.44. The first-order valence-electron chi connectivity index (χ1n) is 12.0. The maximum absolute atomic E-state index is 13.4. The zero-order valence-corrected chi connectivity index (χ0v) is 22.3. The molecule has 1 atom stereocenters. The summed E-state index contributed by atoms with van der Waals surface area (Å²) in [5, 5.41) is 4.26. The van der Waals surface area contributed by atoms with E-state index in [2.05, 4.69) is 11.4 Å². The molecule has 0 heterocycles. The van der Waals surface area contributed by atoms with E-state index in [0.29, 0.717) is 34.5 Å². The molecule has 2 aromatic carbocycles. The van der Waals surface area contributed by atoms with Gasteiger partial charge in [0.1, 0.15) is 6.04 Å². The first kappa shape index (κ1) is 26.9. The number of carbonyl (C=O) groups excluding carboxylic acids is 2. The average Bonchev–Trinajstić information content (AvgIpc) is 2.82. The largest absolute Gasteiger partial charge is 0.352 e. The topological polar surface area (TPSA) is 49.4 Å². The molecule has 0 spiro atoms. The molecule has 1 N–H and O–H groups in total. The van der Waals surface area contributed by atoms with Crippen molar-refractivity contribution in [3.05, 3.63) is 69.2 Å². The fourth-order valence-corrected chi connectivity index (χ4v) is 5.62. The predicted molar refractivity (Wildman–Crippen MR) is 143 cm³/mol. The standard InChI is InChI=1S/C27H34Cl2N2O2S/c1-3-25(27(33)30-22-10-5-4-6-11-22)31(16-20-9-7-8-19(2)14-20)26(32)18-34-17-21-12-13-23(28)24(29)15-21/h7-9,12-15,22,25H,3-6,10-11,16-18H2,1-2H3,(H,30,33)/t25-/m1/s1. The normalized spacial score (nSPS) is 15.1. The van der Waals surface area contributed by atoms with Gasteiger partial charge in [-0.15, -0.1) is 11.8 Å². The van der Waals surface area contributed by atoms with Crippen molar-refractivity contribution in [2.45, 2.75) is 76.8 Å². The monoisotopic (exact) mass is 520 g/mol. The van der Waals surface area contributed by atoms with Gasteiger partial charge in [-0.25, -0.2) is 0 Å². The van der Waals surface area contributed by atoms with Crippen LogP contribution in [0, 0.1) is 6.92 Å². The lowest BCUT2D eigenvalue weighted by atomic mass is 9.95. The van der Waals surface area contributed by atoms with Crippen LogP contribution in [0.3, 0.4) is 0 Å². The van der Waals surface area contributed by atoms with Crippen LogP contribution in [-0.4, -0.2) is 34.6 Å². The Balaban J connectivity index is 1.70. The van der Waals surface area contributed by atoms with Crippen molar-refractivity contribution in [3.8, 4) is 0 Å². The lowest BCUT2D eigenvalue weighted by molar-refractivity contribution is -0.139. The number of thioether (sulfide) groups is 1. The van der Waals surface area contributed by atoms with E-state index in [1.54, 1.807) is 11.0 Å². The molecule has 0 radical (unpaired) electrons. The highest BCUT2D eigenvalue weighted by Gasteiger charge is 2.30. The number of nitrogens with one attached hydrogen (secondary N) is 1. The number of nitrogens with zero attached hydrogens (tertiary/aromatic N) is 1. The van der Waals surface area contributed by atoms with Crippen LogP contribution in [0.15, 0.2) is 42.5 Å². The van der Waals surface area contributed by atoms with Gasteiger partial charge in [-0.3, -0.25) is 9.59 Å². The molecule has 4 nitrogen and oxygen atoms in total. The molecule has 1 saturated carbocycles. The predicted octanol–water partition coefficient (Wildman–Crippen LogP) is 6.79. The summed E-state index contributed by atoms with van der Waals surface area (Å²) in [7, 11) is 0. The van der Waals surface area contributed by atoms with Gasteiger partial charge in [0.15, 0.2) is 0 Å². The van der Waals surface area contributed by atoms with E-state index in [9.17, 15) is 9.59 Å². The number of hydrogen-bond donors (Lipinski definition) is 1. The zero-order valence-electron chi connectivity index (χ0n) is 20.0. The number of carbonyl (C=O) groups is 2. The fourth-order valence-electron chi connectivity index (χ4n) is 4.44. The second-order valence-electron chi connectivity index (χ2n) is 9.02. The Morgan fingerprint density at radius 3 is 2.50 bits per heavy atom. The van der Waals surface area contributed by atoms with Gasteiger partial charge >= 0.3 is 0 Å². The van der Waals surface area contributed by atoms with E-state index in [1.165, 1.54) is 18.2 Å². The molecule has 1 aliphatic carbocycles. The molecule has 34 heavy (non-hydrogen) atoms. The minimum atomic E-state index is -0.486. The molecule has 3 rings (SSSR count). The molecule has 2 aromatic rings. The third kappa shape index (κ3) is 7.93. The quantitative estimate of drug-likeness (QED) is 0.375. The van der Waals surface area contributed by atoms with Gasteiger partial charge in [0, 0.05) is 18.3 Å². The average molecular weight is 522 g/mol. The van der Waals surface area contributed by atoms with Gasteiger partial charge in [-0.2, -0.15) is 0 Å². The van der Waals surface area contributed by atoms with Crippen molar-refractivity contribution in [1.82, 2.24) is 10.2 Å². The van der Waals surface area contributed by atoms with Crippen LogP contribution in [0.2, 0.25) is 10.0 Å². The number of aryl methyl sites for hydroxylation is 1. The highest BCUT2D eigenvalue weighted by Crippen LogP contribution is 2.25. The first-order valence-corrected chi connectivity index (χ1v) is 14.0. The van der Waals surface area contributed by atoms with E-state index in [0.717, 1.165) is 42.4 Å². The van der Waals surface area contributed by atoms with Crippen molar-refractivity contribution in [1.29, 1.82) is 0 Å². The zero-order chi connectivity index (χ0) is 24.5. The minimum Gasteiger partial charge on any atom is -0.352 e. The van der Waals surface area contributed by atoms with Crippen LogP contribution in [0.1, 0.15) is 62.1 Å². The number of amides is 2. The van der Waals surface area contributed by atoms with Crippen molar-refractivity contribution >= 4 is 46.8 Å². The molecule has 0 bridgehead atoms. The van der Waals surface area contributed by atoms with E-state index in [1.807, 2.05) is 44.2 Å². The molecular weight excluding hydrogens is 487 g/mol. The number of hydrogen-bond acceptors (Lipinski definition) is 3. The third-order valence-electron chi connectivity index (χ3n) is 6.25. The fraction of sp³-hybridized carbons (Fsp3) is 0.481. The molecule has 0 aliphatic heterocycles. The Kier molecular flexibility index (Phi) is 10.6. The van der Waals surface area contributed by atoms with Crippen molar-refractivity contribution in [2.75, 3.05) is 5.75 Å². The van der Waals surface area contributed by atoms with Crippen LogP contribution in [0.25, 0.3) is 0 Å². The molecule has 0 aromatic heterocycles. The minimum absolute atomic E-state index is 0.0304. The van der Waals surface area contributed by atoms with Crippen molar-refractivity contribution in [2.24, 2.45) is 0 Å². The molecule has 184 valence electrons. The summed E-state index contributed by atoms with van der Waals surface area (Å²) in [5.41, 5.74) is 3.19.